The first-order valence-corrected chi connectivity index (χ1v) is 2.44. The molecule has 0 saturated carbocycles. The fourth-order valence-electron chi connectivity index (χ4n) is 0.499. The third-order valence-electron chi connectivity index (χ3n) is 0.975. The Morgan fingerprint density at radius 1 is 1.60 bits per heavy atom. The van der Waals surface area contributed by atoms with Crippen LogP contribution in [-0.4, -0.2) is 4.98 Å². The summed E-state index contributed by atoms with van der Waals surface area (Å²) >= 11 is 0. The second-order valence-corrected chi connectivity index (χ2v) is 1.57. The molecule has 0 fully saturated rings. The first-order chi connectivity index (χ1) is 4.34. The van der Waals surface area contributed by atoms with Crippen LogP contribution in [0, 0.1) is 11.3 Å². The predicted molar refractivity (Wildman–Crippen MR) is 40.6 cm³/mol. The van der Waals surface area contributed by atoms with Gasteiger partial charge < -0.3 is 5.73 Å². The summed E-state index contributed by atoms with van der Waals surface area (Å²) < 4.78 is 0. The molecule has 3 nitrogen and oxygen atoms in total. The second-order valence-electron chi connectivity index (χ2n) is 1.57. The van der Waals surface area contributed by atoms with E-state index in [4.69, 9.17) is 11.0 Å². The van der Waals surface area contributed by atoms with Crippen LogP contribution in [0.4, 0.5) is 5.69 Å². The van der Waals surface area contributed by atoms with Crippen molar-refractivity contribution in [3.8, 4) is 6.07 Å². The molecule has 0 radical (unpaired) electrons. The zero-order valence-corrected chi connectivity index (χ0v) is 5.93. The van der Waals surface area contributed by atoms with Crippen LogP contribution in [0.15, 0.2) is 18.5 Å². The number of anilines is 1. The van der Waals surface area contributed by atoms with Crippen LogP contribution < -0.4 is 5.73 Å². The third-order valence-corrected chi connectivity index (χ3v) is 0.975. The molecule has 1 aromatic heterocycles. The summed E-state index contributed by atoms with van der Waals surface area (Å²) in [6.07, 6.45) is 2.99. The molecule has 1 heterocycles. The number of hydrogen-bond acceptors (Lipinski definition) is 3. The minimum absolute atomic E-state index is 0. The Kier molecular flexibility index (Phi) is 3.23. The van der Waals surface area contributed by atoms with E-state index in [1.54, 1.807) is 12.3 Å². The van der Waals surface area contributed by atoms with Crippen LogP contribution in [0.25, 0.3) is 0 Å². The lowest BCUT2D eigenvalue weighted by Gasteiger charge is -1.90. The molecule has 0 spiro atoms. The van der Waals surface area contributed by atoms with E-state index in [1.807, 2.05) is 6.07 Å². The van der Waals surface area contributed by atoms with Gasteiger partial charge in [0, 0.05) is 12.4 Å². The van der Waals surface area contributed by atoms with Gasteiger partial charge in [0.05, 0.1) is 11.3 Å². The molecule has 0 aromatic carbocycles. The summed E-state index contributed by atoms with van der Waals surface area (Å²) in [6.45, 7) is 0. The molecule has 0 amide bonds. The largest absolute Gasteiger partial charge is 0.398 e. The highest BCUT2D eigenvalue weighted by atomic mass is 35.5. The van der Waals surface area contributed by atoms with Gasteiger partial charge in [0.1, 0.15) is 6.07 Å². The number of nitrogen functional groups attached to an aromatic ring is 1. The number of pyridine rings is 1. The van der Waals surface area contributed by atoms with Crippen molar-refractivity contribution in [1.29, 1.82) is 5.26 Å². The smallest absolute Gasteiger partial charge is 0.103 e. The van der Waals surface area contributed by atoms with E-state index in [2.05, 4.69) is 4.98 Å². The molecule has 0 aliphatic rings. The molecule has 0 atom stereocenters. The van der Waals surface area contributed by atoms with Gasteiger partial charge in [-0.05, 0) is 6.07 Å². The lowest BCUT2D eigenvalue weighted by atomic mass is 10.3. The highest BCUT2D eigenvalue weighted by molar-refractivity contribution is 5.85. The van der Waals surface area contributed by atoms with E-state index in [0.29, 0.717) is 11.3 Å². The fraction of sp³-hybridized carbons (Fsp3) is 0. The van der Waals surface area contributed by atoms with Crippen molar-refractivity contribution >= 4 is 18.1 Å². The Labute approximate surface area is 64.9 Å². The van der Waals surface area contributed by atoms with E-state index in [0.717, 1.165) is 0 Å². The number of nitrogens with zero attached hydrogens (tertiary/aromatic N) is 2. The standard InChI is InChI=1S/C6H5N3.ClH/c7-3-5-4-9-2-1-6(5)8;/h1-2,4H,(H2,8,9);1H. The number of nitrogens with two attached hydrogens (primary N) is 1. The van der Waals surface area contributed by atoms with Gasteiger partial charge in [-0.3, -0.25) is 4.98 Å². The monoisotopic (exact) mass is 155 g/mol. The van der Waals surface area contributed by atoms with E-state index < -0.39 is 0 Å². The summed E-state index contributed by atoms with van der Waals surface area (Å²) in [6, 6.07) is 3.50. The van der Waals surface area contributed by atoms with Gasteiger partial charge in [-0.25, -0.2) is 0 Å². The van der Waals surface area contributed by atoms with Crippen molar-refractivity contribution in [3.63, 3.8) is 0 Å². The zero-order valence-electron chi connectivity index (χ0n) is 5.11. The van der Waals surface area contributed by atoms with Crippen LogP contribution in [-0.2, 0) is 0 Å². The predicted octanol–water partition coefficient (Wildman–Crippen LogP) is 0.957. The Hall–Kier alpha value is -1.27. The molecule has 4 heteroatoms. The molecule has 1 aromatic rings. The molecule has 0 unspecified atom stereocenters. The number of rotatable bonds is 0. The number of aromatic nitrogens is 1. The molecular weight excluding hydrogens is 150 g/mol. The minimum Gasteiger partial charge on any atom is -0.398 e. The van der Waals surface area contributed by atoms with Crippen molar-refractivity contribution in [1.82, 2.24) is 4.98 Å². The van der Waals surface area contributed by atoms with E-state index in [1.165, 1.54) is 6.20 Å². The average molecular weight is 156 g/mol. The normalized spacial score (nSPS) is 7.50. The summed E-state index contributed by atoms with van der Waals surface area (Å²) in [7, 11) is 0. The van der Waals surface area contributed by atoms with Gasteiger partial charge in [0.25, 0.3) is 0 Å². The molecule has 52 valence electrons. The Balaban J connectivity index is 0.000000810. The number of hydrogen-bond donors (Lipinski definition) is 1. The van der Waals surface area contributed by atoms with Gasteiger partial charge in [0.2, 0.25) is 0 Å². The van der Waals surface area contributed by atoms with Gasteiger partial charge in [-0.2, -0.15) is 5.26 Å². The van der Waals surface area contributed by atoms with E-state index in [9.17, 15) is 0 Å². The van der Waals surface area contributed by atoms with E-state index >= 15 is 0 Å². The van der Waals surface area contributed by atoms with Crippen molar-refractivity contribution < 1.29 is 0 Å². The van der Waals surface area contributed by atoms with Gasteiger partial charge in [0.15, 0.2) is 0 Å². The van der Waals surface area contributed by atoms with Crippen LogP contribution >= 0.6 is 12.4 Å². The first-order valence-electron chi connectivity index (χ1n) is 2.44. The molecule has 0 bridgehead atoms. The molecule has 2 N–H and O–H groups in total. The zero-order chi connectivity index (χ0) is 6.69. The molecular formula is C6H6ClN3. The molecule has 1 rings (SSSR count). The van der Waals surface area contributed by atoms with E-state index in [-0.39, 0.29) is 12.4 Å². The van der Waals surface area contributed by atoms with Crippen molar-refractivity contribution in [2.24, 2.45) is 0 Å². The molecule has 0 saturated heterocycles. The molecule has 0 aliphatic heterocycles. The van der Waals surface area contributed by atoms with Crippen LogP contribution in [0.3, 0.4) is 0 Å². The van der Waals surface area contributed by atoms with Crippen molar-refractivity contribution in [2.45, 2.75) is 0 Å². The summed E-state index contributed by atoms with van der Waals surface area (Å²) in [5.41, 5.74) is 6.28. The summed E-state index contributed by atoms with van der Waals surface area (Å²) in [4.78, 5) is 3.71. The van der Waals surface area contributed by atoms with Gasteiger partial charge in [-0.1, -0.05) is 0 Å². The lowest BCUT2D eigenvalue weighted by molar-refractivity contribution is 1.30. The maximum Gasteiger partial charge on any atom is 0.103 e. The average Bonchev–Trinajstić information content (AvgIpc) is 1.89. The van der Waals surface area contributed by atoms with Crippen LogP contribution in [0.1, 0.15) is 5.56 Å². The molecule has 10 heavy (non-hydrogen) atoms. The van der Waals surface area contributed by atoms with Gasteiger partial charge >= 0.3 is 0 Å². The Morgan fingerprint density at radius 3 is 2.70 bits per heavy atom. The SMILES string of the molecule is Cl.N#Cc1cnccc1N. The Bertz CT molecular complexity index is 253. The number of halogens is 1. The van der Waals surface area contributed by atoms with Gasteiger partial charge in [-0.15, -0.1) is 12.4 Å². The summed E-state index contributed by atoms with van der Waals surface area (Å²) in [5, 5.41) is 8.35. The van der Waals surface area contributed by atoms with Crippen LogP contribution in [0.2, 0.25) is 0 Å². The van der Waals surface area contributed by atoms with Crippen LogP contribution in [0.5, 0.6) is 0 Å². The summed E-state index contributed by atoms with van der Waals surface area (Å²) in [5.74, 6) is 0. The highest BCUT2D eigenvalue weighted by Crippen LogP contribution is 2.04. The first kappa shape index (κ1) is 8.73. The maximum absolute atomic E-state index is 8.35. The highest BCUT2D eigenvalue weighted by Gasteiger charge is 1.92. The fourth-order valence-corrected chi connectivity index (χ4v) is 0.499. The number of nitriles is 1. The molecule has 0 aliphatic carbocycles. The lowest BCUT2D eigenvalue weighted by Crippen LogP contribution is -1.89. The van der Waals surface area contributed by atoms with Crippen molar-refractivity contribution in [3.05, 3.63) is 24.0 Å². The van der Waals surface area contributed by atoms with Crippen molar-refractivity contribution in [2.75, 3.05) is 5.73 Å². The Morgan fingerprint density at radius 2 is 2.30 bits per heavy atom. The minimum atomic E-state index is 0. The third kappa shape index (κ3) is 1.61. The second kappa shape index (κ2) is 3.70. The maximum atomic E-state index is 8.35. The quantitative estimate of drug-likeness (QED) is 0.607. The topological polar surface area (TPSA) is 62.7 Å².